The van der Waals surface area contributed by atoms with Gasteiger partial charge in [0.2, 0.25) is 0 Å². The molecule has 98 valence electrons. The number of nitriles is 1. The summed E-state index contributed by atoms with van der Waals surface area (Å²) in [6.45, 7) is 4.19. The fraction of sp³-hybridized carbons (Fsp3) is 0.267. The van der Waals surface area contributed by atoms with Crippen LogP contribution in [-0.4, -0.2) is 11.1 Å². The normalized spacial score (nSPS) is 10.4. The molecule has 0 atom stereocenters. The van der Waals surface area contributed by atoms with Crippen molar-refractivity contribution in [2.24, 2.45) is 0 Å². The second kappa shape index (κ2) is 6.17. The van der Waals surface area contributed by atoms with Gasteiger partial charge in [-0.2, -0.15) is 5.26 Å². The average Bonchev–Trinajstić information content (AvgIpc) is 2.86. The van der Waals surface area contributed by atoms with Crippen molar-refractivity contribution >= 4 is 0 Å². The van der Waals surface area contributed by atoms with E-state index in [0.717, 1.165) is 18.8 Å². The van der Waals surface area contributed by atoms with Crippen LogP contribution in [0.5, 0.6) is 0 Å². The molecule has 0 fully saturated rings. The topological polar surface area (TPSA) is 40.8 Å². The Morgan fingerprint density at radius 3 is 2.89 bits per heavy atom. The van der Waals surface area contributed by atoms with Crippen molar-refractivity contribution in [3.63, 3.8) is 0 Å². The molecule has 2 aromatic rings. The number of benzene rings is 1. The summed E-state index contributed by atoms with van der Waals surface area (Å²) in [5, 5.41) is 12.0. The summed E-state index contributed by atoms with van der Waals surface area (Å²) in [5.74, 6) is -0.331. The van der Waals surface area contributed by atoms with Gasteiger partial charge in [0.1, 0.15) is 5.82 Å². The summed E-state index contributed by atoms with van der Waals surface area (Å²) in [6.07, 6.45) is 1.93. The molecule has 0 unspecified atom stereocenters. The summed E-state index contributed by atoms with van der Waals surface area (Å²) in [7, 11) is 0. The second-order valence-electron chi connectivity index (χ2n) is 4.33. The van der Waals surface area contributed by atoms with Crippen LogP contribution in [0.2, 0.25) is 0 Å². The molecule has 1 heterocycles. The third-order valence-corrected chi connectivity index (χ3v) is 3.00. The van der Waals surface area contributed by atoms with Crippen molar-refractivity contribution in [2.45, 2.75) is 20.0 Å². The van der Waals surface area contributed by atoms with Gasteiger partial charge in [-0.15, -0.1) is 0 Å². The Morgan fingerprint density at radius 2 is 2.21 bits per heavy atom. The molecule has 3 nitrogen and oxygen atoms in total. The monoisotopic (exact) mass is 257 g/mol. The first-order valence-electron chi connectivity index (χ1n) is 6.28. The largest absolute Gasteiger partial charge is 0.346 e. The van der Waals surface area contributed by atoms with E-state index in [1.54, 1.807) is 12.1 Å². The maximum atomic E-state index is 13.8. The number of hydrogen-bond donors (Lipinski definition) is 1. The summed E-state index contributed by atoms with van der Waals surface area (Å²) in [5.41, 5.74) is 2.06. The van der Waals surface area contributed by atoms with Crippen LogP contribution in [0.4, 0.5) is 4.39 Å². The van der Waals surface area contributed by atoms with Crippen molar-refractivity contribution in [2.75, 3.05) is 6.54 Å². The Hall–Kier alpha value is -2.12. The van der Waals surface area contributed by atoms with Crippen LogP contribution in [-0.2, 0) is 13.1 Å². The lowest BCUT2D eigenvalue weighted by Crippen LogP contribution is -2.15. The molecule has 19 heavy (non-hydrogen) atoms. The first kappa shape index (κ1) is 13.3. The van der Waals surface area contributed by atoms with Gasteiger partial charge in [0.25, 0.3) is 0 Å². The van der Waals surface area contributed by atoms with Crippen LogP contribution in [0.1, 0.15) is 23.7 Å². The van der Waals surface area contributed by atoms with E-state index < -0.39 is 0 Å². The number of aromatic nitrogens is 1. The van der Waals surface area contributed by atoms with E-state index in [-0.39, 0.29) is 5.82 Å². The minimum Gasteiger partial charge on any atom is -0.346 e. The Morgan fingerprint density at radius 1 is 1.37 bits per heavy atom. The van der Waals surface area contributed by atoms with Crippen molar-refractivity contribution in [3.8, 4) is 6.07 Å². The molecule has 0 radical (unpaired) electrons. The predicted molar refractivity (Wildman–Crippen MR) is 72.0 cm³/mol. The lowest BCUT2D eigenvalue weighted by atomic mass is 10.1. The minimum atomic E-state index is -0.331. The first-order valence-corrected chi connectivity index (χ1v) is 6.28. The number of rotatable bonds is 5. The summed E-state index contributed by atoms with van der Waals surface area (Å²) in [6, 6.07) is 10.5. The highest BCUT2D eigenvalue weighted by Gasteiger charge is 2.06. The smallest absolute Gasteiger partial charge is 0.129 e. The Labute approximate surface area is 112 Å². The zero-order valence-corrected chi connectivity index (χ0v) is 10.9. The van der Waals surface area contributed by atoms with E-state index in [2.05, 4.69) is 5.32 Å². The van der Waals surface area contributed by atoms with Gasteiger partial charge in [-0.05, 0) is 30.8 Å². The van der Waals surface area contributed by atoms with Crippen molar-refractivity contribution < 1.29 is 4.39 Å². The van der Waals surface area contributed by atoms with Gasteiger partial charge in [-0.1, -0.05) is 13.0 Å². The van der Waals surface area contributed by atoms with Gasteiger partial charge in [-0.25, -0.2) is 4.39 Å². The fourth-order valence-electron chi connectivity index (χ4n) is 1.95. The minimum absolute atomic E-state index is 0.331. The number of halogens is 1. The van der Waals surface area contributed by atoms with E-state index in [4.69, 9.17) is 5.26 Å². The average molecular weight is 257 g/mol. The van der Waals surface area contributed by atoms with Crippen molar-refractivity contribution in [1.82, 2.24) is 9.88 Å². The maximum Gasteiger partial charge on any atom is 0.129 e. The van der Waals surface area contributed by atoms with Crippen LogP contribution < -0.4 is 5.32 Å². The molecule has 0 aliphatic rings. The molecule has 0 spiro atoms. The molecule has 0 amide bonds. The molecule has 0 aliphatic carbocycles. The third-order valence-electron chi connectivity index (χ3n) is 3.00. The molecule has 0 bridgehead atoms. The highest BCUT2D eigenvalue weighted by molar-refractivity contribution is 5.33. The molecule has 0 saturated carbocycles. The van der Waals surface area contributed by atoms with E-state index >= 15 is 0 Å². The highest BCUT2D eigenvalue weighted by Crippen LogP contribution is 2.13. The number of nitrogens with one attached hydrogen (secondary N) is 1. The van der Waals surface area contributed by atoms with Gasteiger partial charge in [0.05, 0.1) is 18.2 Å². The zero-order valence-electron chi connectivity index (χ0n) is 10.9. The van der Waals surface area contributed by atoms with Crippen LogP contribution in [0.3, 0.4) is 0 Å². The van der Waals surface area contributed by atoms with Crippen LogP contribution in [0.15, 0.2) is 36.5 Å². The Balaban J connectivity index is 2.17. The van der Waals surface area contributed by atoms with E-state index in [9.17, 15) is 4.39 Å². The molecule has 0 saturated heterocycles. The van der Waals surface area contributed by atoms with E-state index in [1.807, 2.05) is 35.9 Å². The quantitative estimate of drug-likeness (QED) is 0.894. The van der Waals surface area contributed by atoms with Gasteiger partial charge >= 0.3 is 0 Å². The van der Waals surface area contributed by atoms with Gasteiger partial charge in [0.15, 0.2) is 0 Å². The van der Waals surface area contributed by atoms with Gasteiger partial charge < -0.3 is 9.88 Å². The molecule has 1 aromatic carbocycles. The first-order chi connectivity index (χ1) is 9.24. The number of nitrogens with zero attached hydrogens (tertiary/aromatic N) is 2. The lowest BCUT2D eigenvalue weighted by molar-refractivity contribution is 0.589. The summed E-state index contributed by atoms with van der Waals surface area (Å²) < 4.78 is 15.8. The standard InChI is InChI=1S/C15H16FN3/c1-2-18-10-14-4-3-7-19(14)11-13-6-5-12(9-17)8-15(13)16/h3-8,18H,2,10-11H2,1H3. The van der Waals surface area contributed by atoms with Crippen LogP contribution in [0.25, 0.3) is 0 Å². The molecule has 0 aliphatic heterocycles. The summed E-state index contributed by atoms with van der Waals surface area (Å²) in [4.78, 5) is 0. The summed E-state index contributed by atoms with van der Waals surface area (Å²) >= 11 is 0. The molecular weight excluding hydrogens is 241 g/mol. The SMILES string of the molecule is CCNCc1cccn1Cc1ccc(C#N)cc1F. The van der Waals surface area contributed by atoms with Crippen LogP contribution in [0, 0.1) is 17.1 Å². The third kappa shape index (κ3) is 3.21. The maximum absolute atomic E-state index is 13.8. The zero-order chi connectivity index (χ0) is 13.7. The van der Waals surface area contributed by atoms with E-state index in [0.29, 0.717) is 17.7 Å². The lowest BCUT2D eigenvalue weighted by Gasteiger charge is -2.10. The highest BCUT2D eigenvalue weighted by atomic mass is 19.1. The Bertz CT molecular complexity index is 596. The number of hydrogen-bond acceptors (Lipinski definition) is 2. The molecule has 4 heteroatoms. The Kier molecular flexibility index (Phi) is 4.32. The van der Waals surface area contributed by atoms with Crippen molar-refractivity contribution in [1.29, 1.82) is 5.26 Å². The molecule has 2 rings (SSSR count). The van der Waals surface area contributed by atoms with E-state index in [1.165, 1.54) is 6.07 Å². The van der Waals surface area contributed by atoms with Gasteiger partial charge in [-0.3, -0.25) is 0 Å². The molecule has 1 aromatic heterocycles. The fourth-order valence-corrected chi connectivity index (χ4v) is 1.95. The van der Waals surface area contributed by atoms with Crippen molar-refractivity contribution in [3.05, 3.63) is 59.2 Å². The van der Waals surface area contributed by atoms with Gasteiger partial charge in [0, 0.05) is 24.0 Å². The van der Waals surface area contributed by atoms with Crippen LogP contribution >= 0.6 is 0 Å². The molecular formula is C15H16FN3. The molecule has 1 N–H and O–H groups in total. The second-order valence-corrected chi connectivity index (χ2v) is 4.33. The predicted octanol–water partition coefficient (Wildman–Crippen LogP) is 2.66.